The van der Waals surface area contributed by atoms with Crippen LogP contribution in [0.2, 0.25) is 0 Å². The highest BCUT2D eigenvalue weighted by molar-refractivity contribution is 5.29. The van der Waals surface area contributed by atoms with Gasteiger partial charge in [-0.1, -0.05) is 31.0 Å². The lowest BCUT2D eigenvalue weighted by Gasteiger charge is -2.41. The lowest BCUT2D eigenvalue weighted by atomic mass is 9.91. The smallest absolute Gasteiger partial charge is 0.379 e. The minimum Gasteiger partial charge on any atom is -0.379 e. The third-order valence-corrected chi connectivity index (χ3v) is 5.21. The molecule has 1 aliphatic heterocycles. The summed E-state index contributed by atoms with van der Waals surface area (Å²) in [6, 6.07) is 6.15. The lowest BCUT2D eigenvalue weighted by Crippen LogP contribution is -2.51. The SMILES string of the molecule is FC(F)(F)c1ccccc1CCO[C@@H]1CCCC[C@@H]1N1CCOCC1. The number of hydrogen-bond donors (Lipinski definition) is 0. The van der Waals surface area contributed by atoms with Crippen LogP contribution in [0.5, 0.6) is 0 Å². The molecule has 2 aliphatic rings. The van der Waals surface area contributed by atoms with Crippen LogP contribution in [-0.2, 0) is 22.1 Å². The maximum Gasteiger partial charge on any atom is 0.416 e. The van der Waals surface area contributed by atoms with E-state index in [0.29, 0.717) is 24.6 Å². The van der Waals surface area contributed by atoms with Crippen LogP contribution in [0.3, 0.4) is 0 Å². The molecule has 0 unspecified atom stereocenters. The first kappa shape index (κ1) is 18.7. The van der Waals surface area contributed by atoms with Gasteiger partial charge >= 0.3 is 6.18 Å². The van der Waals surface area contributed by atoms with Crippen molar-refractivity contribution in [3.8, 4) is 0 Å². The number of benzene rings is 1. The highest BCUT2D eigenvalue weighted by Gasteiger charge is 2.34. The second-order valence-electron chi connectivity index (χ2n) is 6.81. The highest BCUT2D eigenvalue weighted by Crippen LogP contribution is 2.32. The molecule has 2 fully saturated rings. The van der Waals surface area contributed by atoms with E-state index in [1.165, 1.54) is 12.5 Å². The number of alkyl halides is 3. The summed E-state index contributed by atoms with van der Waals surface area (Å²) >= 11 is 0. The van der Waals surface area contributed by atoms with E-state index in [2.05, 4.69) is 4.90 Å². The van der Waals surface area contributed by atoms with E-state index in [0.717, 1.165) is 51.6 Å². The first-order chi connectivity index (χ1) is 12.1. The summed E-state index contributed by atoms with van der Waals surface area (Å²) in [7, 11) is 0. The summed E-state index contributed by atoms with van der Waals surface area (Å²) < 4.78 is 50.7. The Labute approximate surface area is 147 Å². The molecule has 1 aromatic rings. The largest absolute Gasteiger partial charge is 0.416 e. The molecule has 3 rings (SSSR count). The minimum absolute atomic E-state index is 0.116. The van der Waals surface area contributed by atoms with Crippen LogP contribution in [0.25, 0.3) is 0 Å². The average molecular weight is 357 g/mol. The Balaban J connectivity index is 1.57. The summed E-state index contributed by atoms with van der Waals surface area (Å²) in [5, 5.41) is 0. The van der Waals surface area contributed by atoms with Gasteiger partial charge in [-0.3, -0.25) is 4.90 Å². The summed E-state index contributed by atoms with van der Waals surface area (Å²) in [5.74, 6) is 0. The molecule has 0 spiro atoms. The Kier molecular flexibility index (Phi) is 6.36. The van der Waals surface area contributed by atoms with Gasteiger partial charge in [0.25, 0.3) is 0 Å². The maximum absolute atomic E-state index is 13.1. The van der Waals surface area contributed by atoms with Crippen molar-refractivity contribution in [2.24, 2.45) is 0 Å². The third kappa shape index (κ3) is 4.96. The van der Waals surface area contributed by atoms with Gasteiger partial charge in [-0.25, -0.2) is 0 Å². The van der Waals surface area contributed by atoms with Crippen molar-refractivity contribution < 1.29 is 22.6 Å². The van der Waals surface area contributed by atoms with Gasteiger partial charge in [0.1, 0.15) is 0 Å². The van der Waals surface area contributed by atoms with Crippen LogP contribution >= 0.6 is 0 Å². The maximum atomic E-state index is 13.1. The minimum atomic E-state index is -4.31. The second kappa shape index (κ2) is 8.52. The first-order valence-corrected chi connectivity index (χ1v) is 9.14. The molecule has 1 saturated carbocycles. The van der Waals surface area contributed by atoms with E-state index >= 15 is 0 Å². The Morgan fingerprint density at radius 1 is 1.08 bits per heavy atom. The van der Waals surface area contributed by atoms with Crippen molar-refractivity contribution in [2.45, 2.75) is 50.4 Å². The van der Waals surface area contributed by atoms with Crippen LogP contribution in [0.4, 0.5) is 13.2 Å². The zero-order valence-electron chi connectivity index (χ0n) is 14.4. The normalized spacial score (nSPS) is 25.9. The van der Waals surface area contributed by atoms with Crippen molar-refractivity contribution in [1.82, 2.24) is 4.90 Å². The van der Waals surface area contributed by atoms with Crippen molar-refractivity contribution in [3.05, 3.63) is 35.4 Å². The summed E-state index contributed by atoms with van der Waals surface area (Å²) in [6.07, 6.45) is 0.514. The number of rotatable bonds is 5. The monoisotopic (exact) mass is 357 g/mol. The van der Waals surface area contributed by atoms with Crippen LogP contribution in [0, 0.1) is 0 Å². The van der Waals surface area contributed by atoms with Gasteiger partial charge in [0.15, 0.2) is 0 Å². The number of halogens is 3. The summed E-state index contributed by atoms with van der Waals surface area (Å²) in [5.41, 5.74) is -0.235. The molecule has 1 saturated heterocycles. The lowest BCUT2D eigenvalue weighted by molar-refractivity contribution is -0.138. The molecule has 1 heterocycles. The fourth-order valence-corrected chi connectivity index (χ4v) is 3.93. The number of nitrogens with zero attached hydrogens (tertiary/aromatic N) is 1. The van der Waals surface area contributed by atoms with E-state index in [1.54, 1.807) is 12.1 Å². The van der Waals surface area contributed by atoms with E-state index < -0.39 is 11.7 Å². The van der Waals surface area contributed by atoms with Gasteiger partial charge < -0.3 is 9.47 Å². The molecule has 0 radical (unpaired) electrons. The van der Waals surface area contributed by atoms with Gasteiger partial charge in [0.2, 0.25) is 0 Å². The molecule has 0 N–H and O–H groups in total. The molecule has 1 aromatic carbocycles. The number of morpholine rings is 1. The Morgan fingerprint density at radius 3 is 2.56 bits per heavy atom. The first-order valence-electron chi connectivity index (χ1n) is 9.14. The molecule has 3 nitrogen and oxygen atoms in total. The van der Waals surface area contributed by atoms with E-state index in [1.807, 2.05) is 0 Å². The van der Waals surface area contributed by atoms with E-state index in [4.69, 9.17) is 9.47 Å². The zero-order chi connectivity index (χ0) is 17.7. The molecule has 25 heavy (non-hydrogen) atoms. The van der Waals surface area contributed by atoms with Crippen molar-refractivity contribution in [3.63, 3.8) is 0 Å². The topological polar surface area (TPSA) is 21.7 Å². The predicted octanol–water partition coefficient (Wildman–Crippen LogP) is 3.91. The third-order valence-electron chi connectivity index (χ3n) is 5.21. The van der Waals surface area contributed by atoms with E-state index in [9.17, 15) is 13.2 Å². The molecule has 140 valence electrons. The molecule has 0 aromatic heterocycles. The van der Waals surface area contributed by atoms with Gasteiger partial charge in [-0.2, -0.15) is 13.2 Å². The fourth-order valence-electron chi connectivity index (χ4n) is 3.93. The molecule has 2 atom stereocenters. The molecular weight excluding hydrogens is 331 g/mol. The zero-order valence-corrected chi connectivity index (χ0v) is 14.4. The molecule has 0 amide bonds. The highest BCUT2D eigenvalue weighted by atomic mass is 19.4. The van der Waals surface area contributed by atoms with Crippen LogP contribution in [-0.4, -0.2) is 50.0 Å². The van der Waals surface area contributed by atoms with Gasteiger partial charge in [0.05, 0.1) is 31.5 Å². The van der Waals surface area contributed by atoms with Crippen molar-refractivity contribution >= 4 is 0 Å². The van der Waals surface area contributed by atoms with E-state index in [-0.39, 0.29) is 6.10 Å². The quantitative estimate of drug-likeness (QED) is 0.798. The van der Waals surface area contributed by atoms with Crippen molar-refractivity contribution in [1.29, 1.82) is 0 Å². The molecule has 6 heteroatoms. The molecular formula is C19H26F3NO2. The van der Waals surface area contributed by atoms with Crippen LogP contribution < -0.4 is 0 Å². The average Bonchev–Trinajstić information content (AvgIpc) is 2.62. The predicted molar refractivity (Wildman–Crippen MR) is 89.5 cm³/mol. The Hall–Kier alpha value is -1.11. The van der Waals surface area contributed by atoms with Gasteiger partial charge in [-0.15, -0.1) is 0 Å². The Bertz CT molecular complexity index is 544. The van der Waals surface area contributed by atoms with Crippen LogP contribution in [0.15, 0.2) is 24.3 Å². The van der Waals surface area contributed by atoms with Crippen LogP contribution in [0.1, 0.15) is 36.8 Å². The summed E-state index contributed by atoms with van der Waals surface area (Å²) in [6.45, 7) is 3.67. The Morgan fingerprint density at radius 2 is 1.80 bits per heavy atom. The fraction of sp³-hybridized carbons (Fsp3) is 0.684. The standard InChI is InChI=1S/C19H26F3NO2/c20-19(21,22)16-6-2-1-5-15(16)9-12-25-18-8-4-3-7-17(18)23-10-13-24-14-11-23/h1-2,5-6,17-18H,3-4,7-14H2/t17-,18+/m0/s1. The van der Waals surface area contributed by atoms with Gasteiger partial charge in [0, 0.05) is 19.1 Å². The number of hydrogen-bond acceptors (Lipinski definition) is 3. The van der Waals surface area contributed by atoms with Crippen molar-refractivity contribution in [2.75, 3.05) is 32.9 Å². The molecule has 1 aliphatic carbocycles. The van der Waals surface area contributed by atoms with Gasteiger partial charge in [-0.05, 0) is 30.9 Å². The molecule has 0 bridgehead atoms. The second-order valence-corrected chi connectivity index (χ2v) is 6.81. The number of ether oxygens (including phenoxy) is 2. The summed E-state index contributed by atoms with van der Waals surface area (Å²) in [4.78, 5) is 2.43.